The number of fused-ring (bicyclic) bond motifs is 4. The maximum absolute atomic E-state index is 14.5. The van der Waals surface area contributed by atoms with Gasteiger partial charge in [-0.25, -0.2) is 0 Å². The first-order valence-corrected chi connectivity index (χ1v) is 17.8. The molecule has 0 spiro atoms. The lowest BCUT2D eigenvalue weighted by atomic mass is 9.82. The zero-order chi connectivity index (χ0) is 36.7. The van der Waals surface area contributed by atoms with Crippen molar-refractivity contribution in [3.8, 4) is 11.5 Å². The molecule has 0 aromatic heterocycles. The fourth-order valence-electron chi connectivity index (χ4n) is 7.73. The highest BCUT2D eigenvalue weighted by atomic mass is 16.5. The van der Waals surface area contributed by atoms with Gasteiger partial charge in [0.15, 0.2) is 11.4 Å². The van der Waals surface area contributed by atoms with Crippen LogP contribution in [-0.2, 0) is 34.7 Å². The van der Waals surface area contributed by atoms with Crippen LogP contribution in [0.3, 0.4) is 0 Å². The van der Waals surface area contributed by atoms with E-state index in [1.807, 2.05) is 72.8 Å². The monoisotopic (exact) mass is 705 g/mol. The third kappa shape index (κ3) is 5.97. The number of nitrogens with zero attached hydrogens (tertiary/aromatic N) is 3. The number of carbonyl (C=O) groups is 3. The predicted molar refractivity (Wildman–Crippen MR) is 202 cm³/mol. The number of aliphatic hydroxyl groups is 2. The highest BCUT2D eigenvalue weighted by Gasteiger charge is 2.53. The molecular formula is C44H39N3O6. The van der Waals surface area contributed by atoms with Crippen LogP contribution in [0.4, 0.5) is 17.1 Å². The summed E-state index contributed by atoms with van der Waals surface area (Å²) in [6.45, 7) is 2.25. The Hall–Kier alpha value is -6.03. The van der Waals surface area contributed by atoms with Crippen LogP contribution in [-0.4, -0.2) is 45.5 Å². The fraction of sp³-hybridized carbons (Fsp3) is 0.205. The van der Waals surface area contributed by atoms with Gasteiger partial charge in [0.05, 0.1) is 36.1 Å². The lowest BCUT2D eigenvalue weighted by Gasteiger charge is -2.36. The van der Waals surface area contributed by atoms with Gasteiger partial charge in [0.2, 0.25) is 5.91 Å². The minimum atomic E-state index is -2.01. The SMILES string of the molecule is C[C@@H](/C=C/CC(=O)N1Cc2ccccc2C[C@H]1CO)[C@]1(O)C(=O)N(Cc2ccccc2)c2ccc(N3C(=O)c4ccccc4Oc4ccccc43)cc21. The average Bonchev–Trinajstić information content (AvgIpc) is 3.31. The van der Waals surface area contributed by atoms with E-state index >= 15 is 0 Å². The van der Waals surface area contributed by atoms with Crippen molar-refractivity contribution in [3.05, 3.63) is 161 Å². The number of aliphatic hydroxyl groups excluding tert-OH is 1. The molecule has 2 N–H and O–H groups in total. The smallest absolute Gasteiger partial charge is 0.266 e. The molecule has 5 aromatic rings. The molecule has 266 valence electrons. The zero-order valence-corrected chi connectivity index (χ0v) is 29.3. The third-order valence-electron chi connectivity index (χ3n) is 10.6. The third-order valence-corrected chi connectivity index (χ3v) is 10.6. The van der Waals surface area contributed by atoms with E-state index in [4.69, 9.17) is 4.74 Å². The van der Waals surface area contributed by atoms with Crippen molar-refractivity contribution in [1.29, 1.82) is 0 Å². The summed E-state index contributed by atoms with van der Waals surface area (Å²) in [5.74, 6) is -0.800. The van der Waals surface area contributed by atoms with E-state index in [9.17, 15) is 24.6 Å². The molecule has 5 aromatic carbocycles. The summed E-state index contributed by atoms with van der Waals surface area (Å²) < 4.78 is 6.21. The molecule has 0 radical (unpaired) electrons. The molecule has 9 heteroatoms. The normalized spacial score (nSPS) is 19.6. The number of hydrogen-bond donors (Lipinski definition) is 2. The molecule has 3 atom stereocenters. The maximum atomic E-state index is 14.5. The largest absolute Gasteiger partial charge is 0.454 e. The van der Waals surface area contributed by atoms with Gasteiger partial charge in [-0.2, -0.15) is 0 Å². The molecule has 0 saturated carbocycles. The maximum Gasteiger partial charge on any atom is 0.266 e. The van der Waals surface area contributed by atoms with Crippen LogP contribution in [0.25, 0.3) is 0 Å². The summed E-state index contributed by atoms with van der Waals surface area (Å²) in [5.41, 5.74) is 3.31. The van der Waals surface area contributed by atoms with Crippen LogP contribution in [0.5, 0.6) is 11.5 Å². The summed E-state index contributed by atoms with van der Waals surface area (Å²) in [5, 5.41) is 22.7. The number of ether oxygens (including phenoxy) is 1. The number of hydrogen-bond acceptors (Lipinski definition) is 6. The average molecular weight is 706 g/mol. The molecule has 0 fully saturated rings. The first-order valence-electron chi connectivity index (χ1n) is 17.8. The summed E-state index contributed by atoms with van der Waals surface area (Å²) in [6, 6.07) is 36.8. The van der Waals surface area contributed by atoms with Crippen molar-refractivity contribution in [2.45, 2.75) is 44.5 Å². The van der Waals surface area contributed by atoms with Crippen molar-refractivity contribution >= 4 is 34.8 Å². The van der Waals surface area contributed by atoms with Crippen LogP contribution in [0.1, 0.15) is 46.0 Å². The number of anilines is 3. The second-order valence-corrected chi connectivity index (χ2v) is 13.8. The zero-order valence-electron chi connectivity index (χ0n) is 29.3. The van der Waals surface area contributed by atoms with Crippen LogP contribution in [0.2, 0.25) is 0 Å². The number of para-hydroxylation sites is 3. The molecule has 53 heavy (non-hydrogen) atoms. The van der Waals surface area contributed by atoms with Gasteiger partial charge >= 0.3 is 0 Å². The van der Waals surface area contributed by atoms with Crippen LogP contribution in [0, 0.1) is 5.92 Å². The van der Waals surface area contributed by atoms with E-state index in [0.717, 1.165) is 16.7 Å². The molecule has 0 aliphatic carbocycles. The number of carbonyl (C=O) groups excluding carboxylic acids is 3. The minimum Gasteiger partial charge on any atom is -0.454 e. The van der Waals surface area contributed by atoms with E-state index in [0.29, 0.717) is 52.7 Å². The quantitative estimate of drug-likeness (QED) is 0.168. The Bertz CT molecular complexity index is 2250. The van der Waals surface area contributed by atoms with Crippen molar-refractivity contribution in [2.24, 2.45) is 5.92 Å². The van der Waals surface area contributed by atoms with Gasteiger partial charge in [-0.05, 0) is 65.6 Å². The van der Waals surface area contributed by atoms with E-state index in [1.165, 1.54) is 0 Å². The molecule has 0 bridgehead atoms. The molecule has 3 heterocycles. The first kappa shape index (κ1) is 34.1. The number of benzene rings is 5. The Morgan fingerprint density at radius 3 is 2.36 bits per heavy atom. The lowest BCUT2D eigenvalue weighted by molar-refractivity contribution is -0.139. The second-order valence-electron chi connectivity index (χ2n) is 13.8. The highest BCUT2D eigenvalue weighted by molar-refractivity contribution is 6.15. The van der Waals surface area contributed by atoms with Gasteiger partial charge < -0.3 is 24.7 Å². The molecule has 0 saturated heterocycles. The standard InChI is InChI=1S/C44H39N3O6/c1-29(12-11-21-41(49)45-27-32-16-6-5-15-31(32)24-34(45)28-48)44(52)36-25-33(22-23-37(36)46(43(44)51)26-30-13-3-2-4-14-30)47-38-18-8-10-20-40(38)53-39-19-9-7-17-35(39)42(47)50/h2-20,22-23,25,29,34,48,52H,21,24,26-28H2,1H3/b12-11+/t29-,34-,44+/m0/s1. The summed E-state index contributed by atoms with van der Waals surface area (Å²) in [6.07, 6.45) is 4.01. The number of rotatable bonds is 8. The van der Waals surface area contributed by atoms with Crippen molar-refractivity contribution in [3.63, 3.8) is 0 Å². The van der Waals surface area contributed by atoms with E-state index in [1.54, 1.807) is 82.3 Å². The molecule has 3 aliphatic heterocycles. The Morgan fingerprint density at radius 1 is 0.868 bits per heavy atom. The first-order chi connectivity index (χ1) is 25.8. The van der Waals surface area contributed by atoms with E-state index in [-0.39, 0.29) is 37.4 Å². The van der Waals surface area contributed by atoms with Gasteiger partial charge in [-0.15, -0.1) is 0 Å². The topological polar surface area (TPSA) is 111 Å². The Labute approximate surface area is 308 Å². The van der Waals surface area contributed by atoms with Crippen LogP contribution < -0.4 is 14.5 Å². The highest BCUT2D eigenvalue weighted by Crippen LogP contribution is 2.49. The lowest BCUT2D eigenvalue weighted by Crippen LogP contribution is -2.46. The van der Waals surface area contributed by atoms with E-state index in [2.05, 4.69) is 0 Å². The predicted octanol–water partition coefficient (Wildman–Crippen LogP) is 7.03. The number of amides is 3. The Kier molecular flexibility index (Phi) is 8.90. The van der Waals surface area contributed by atoms with Gasteiger partial charge in [0, 0.05) is 30.1 Å². The second kappa shape index (κ2) is 13.8. The van der Waals surface area contributed by atoms with Gasteiger partial charge in [0.1, 0.15) is 5.75 Å². The fourth-order valence-corrected chi connectivity index (χ4v) is 7.73. The molecule has 0 unspecified atom stereocenters. The van der Waals surface area contributed by atoms with Crippen LogP contribution in [0.15, 0.2) is 133 Å². The Morgan fingerprint density at radius 2 is 1.57 bits per heavy atom. The summed E-state index contributed by atoms with van der Waals surface area (Å²) >= 11 is 0. The molecule has 3 aliphatic rings. The molecule has 8 rings (SSSR count). The van der Waals surface area contributed by atoms with Crippen molar-refractivity contribution in [2.75, 3.05) is 16.4 Å². The van der Waals surface area contributed by atoms with Crippen molar-refractivity contribution in [1.82, 2.24) is 4.90 Å². The summed E-state index contributed by atoms with van der Waals surface area (Å²) in [4.78, 5) is 47.1. The molecule has 9 nitrogen and oxygen atoms in total. The molecular weight excluding hydrogens is 666 g/mol. The Balaban J connectivity index is 1.14. The van der Waals surface area contributed by atoms with Gasteiger partial charge in [-0.1, -0.05) is 97.9 Å². The minimum absolute atomic E-state index is 0.0341. The van der Waals surface area contributed by atoms with Gasteiger partial charge in [-0.3, -0.25) is 19.3 Å². The van der Waals surface area contributed by atoms with E-state index < -0.39 is 17.4 Å². The van der Waals surface area contributed by atoms with Gasteiger partial charge in [0.25, 0.3) is 11.8 Å². The van der Waals surface area contributed by atoms with Crippen molar-refractivity contribution < 1.29 is 29.3 Å². The molecule has 3 amide bonds. The van der Waals surface area contributed by atoms with Crippen LogP contribution >= 0.6 is 0 Å². The summed E-state index contributed by atoms with van der Waals surface area (Å²) in [7, 11) is 0.